The van der Waals surface area contributed by atoms with E-state index in [-0.39, 0.29) is 16.5 Å². The Morgan fingerprint density at radius 3 is 2.56 bits per heavy atom. The highest BCUT2D eigenvalue weighted by molar-refractivity contribution is 7.89. The van der Waals surface area contributed by atoms with E-state index in [2.05, 4.69) is 10.5 Å². The van der Waals surface area contributed by atoms with E-state index in [4.69, 9.17) is 21.3 Å². The number of nitrogens with zero attached hydrogens (tertiary/aromatic N) is 1. The third kappa shape index (κ3) is 4.94. The summed E-state index contributed by atoms with van der Waals surface area (Å²) < 4.78 is 27.6. The van der Waals surface area contributed by atoms with Crippen molar-refractivity contribution in [2.24, 2.45) is 5.14 Å². The van der Waals surface area contributed by atoms with Gasteiger partial charge >= 0.3 is 0 Å². The van der Waals surface area contributed by atoms with Crippen LogP contribution in [0.1, 0.15) is 16.1 Å². The van der Waals surface area contributed by atoms with E-state index in [0.717, 1.165) is 11.1 Å². The van der Waals surface area contributed by atoms with E-state index in [1.165, 1.54) is 12.1 Å². The molecule has 3 rings (SSSR count). The molecule has 0 saturated carbocycles. The predicted molar refractivity (Wildman–Crippen MR) is 101 cm³/mol. The fourth-order valence-corrected chi connectivity index (χ4v) is 3.12. The van der Waals surface area contributed by atoms with Gasteiger partial charge < -0.3 is 9.84 Å². The van der Waals surface area contributed by atoms with Crippen molar-refractivity contribution < 1.29 is 17.7 Å². The van der Waals surface area contributed by atoms with E-state index >= 15 is 0 Å². The molecule has 0 radical (unpaired) electrons. The summed E-state index contributed by atoms with van der Waals surface area (Å²) in [6, 6.07) is 14.8. The zero-order valence-corrected chi connectivity index (χ0v) is 15.6. The van der Waals surface area contributed by atoms with Crippen LogP contribution in [0.4, 0.5) is 0 Å². The Bertz CT molecular complexity index is 1060. The van der Waals surface area contributed by atoms with Gasteiger partial charge in [-0.3, -0.25) is 4.79 Å². The van der Waals surface area contributed by atoms with Gasteiger partial charge in [0.15, 0.2) is 11.5 Å². The Kier molecular flexibility index (Phi) is 5.59. The van der Waals surface area contributed by atoms with E-state index in [1.54, 1.807) is 42.5 Å². The van der Waals surface area contributed by atoms with Crippen molar-refractivity contribution in [3.8, 4) is 11.3 Å². The highest BCUT2D eigenvalue weighted by atomic mass is 35.5. The maximum Gasteiger partial charge on any atom is 0.273 e. The molecule has 0 saturated heterocycles. The molecule has 0 aliphatic carbocycles. The molecule has 0 fully saturated rings. The summed E-state index contributed by atoms with van der Waals surface area (Å²) in [7, 11) is -3.71. The summed E-state index contributed by atoms with van der Waals surface area (Å²) in [4.78, 5) is 12.2. The minimum absolute atomic E-state index is 0.0476. The molecule has 0 spiro atoms. The molecule has 3 aromatic rings. The van der Waals surface area contributed by atoms with Crippen LogP contribution in [-0.2, 0) is 16.4 Å². The molecule has 0 bridgehead atoms. The number of carbonyl (C=O) groups excluding carboxylic acids is 1. The average molecular weight is 406 g/mol. The summed E-state index contributed by atoms with van der Waals surface area (Å²) in [5.74, 6) is 0.0782. The molecule has 0 atom stereocenters. The lowest BCUT2D eigenvalue weighted by Crippen LogP contribution is -2.25. The Balaban J connectivity index is 1.57. The number of benzene rings is 2. The van der Waals surface area contributed by atoms with E-state index < -0.39 is 10.0 Å². The summed E-state index contributed by atoms with van der Waals surface area (Å²) in [6.07, 6.45) is 0.523. The Morgan fingerprint density at radius 1 is 1.15 bits per heavy atom. The van der Waals surface area contributed by atoms with Gasteiger partial charge in [-0.2, -0.15) is 0 Å². The van der Waals surface area contributed by atoms with Crippen LogP contribution in [0.3, 0.4) is 0 Å². The van der Waals surface area contributed by atoms with Gasteiger partial charge in [0, 0.05) is 23.2 Å². The van der Waals surface area contributed by atoms with Crippen molar-refractivity contribution in [2.45, 2.75) is 11.3 Å². The second kappa shape index (κ2) is 7.91. The highest BCUT2D eigenvalue weighted by Gasteiger charge is 2.13. The van der Waals surface area contributed by atoms with Gasteiger partial charge in [-0.15, -0.1) is 0 Å². The SMILES string of the molecule is NS(=O)(=O)c1ccc(CCNC(=O)c2cc(-c3cccc(Cl)c3)on2)cc1. The van der Waals surface area contributed by atoms with Crippen molar-refractivity contribution in [3.63, 3.8) is 0 Å². The molecule has 0 aliphatic heterocycles. The summed E-state index contributed by atoms with van der Waals surface area (Å²) in [5, 5.41) is 12.1. The van der Waals surface area contributed by atoms with Crippen LogP contribution in [0.2, 0.25) is 5.02 Å². The second-order valence-electron chi connectivity index (χ2n) is 5.78. The minimum Gasteiger partial charge on any atom is -0.355 e. The van der Waals surface area contributed by atoms with Crippen LogP contribution in [0.15, 0.2) is 64.0 Å². The van der Waals surface area contributed by atoms with E-state index in [0.29, 0.717) is 23.7 Å². The highest BCUT2D eigenvalue weighted by Crippen LogP contribution is 2.23. The molecule has 1 amide bonds. The molecule has 0 unspecified atom stereocenters. The van der Waals surface area contributed by atoms with Gasteiger partial charge in [0.05, 0.1) is 4.90 Å². The molecule has 9 heteroatoms. The van der Waals surface area contributed by atoms with Crippen LogP contribution in [0.25, 0.3) is 11.3 Å². The maximum absolute atomic E-state index is 12.2. The third-order valence-electron chi connectivity index (χ3n) is 3.80. The van der Waals surface area contributed by atoms with Crippen molar-refractivity contribution >= 4 is 27.5 Å². The second-order valence-corrected chi connectivity index (χ2v) is 7.78. The number of amides is 1. The largest absolute Gasteiger partial charge is 0.355 e. The first-order chi connectivity index (χ1) is 12.8. The number of carbonyl (C=O) groups is 1. The molecule has 0 aliphatic rings. The smallest absolute Gasteiger partial charge is 0.273 e. The number of nitrogens with one attached hydrogen (secondary N) is 1. The number of aromatic nitrogens is 1. The van der Waals surface area contributed by atoms with Gasteiger partial charge in [0.1, 0.15) is 0 Å². The zero-order valence-electron chi connectivity index (χ0n) is 14.1. The lowest BCUT2D eigenvalue weighted by atomic mass is 10.1. The third-order valence-corrected chi connectivity index (χ3v) is 4.97. The topological polar surface area (TPSA) is 115 Å². The molecule has 1 aromatic heterocycles. The van der Waals surface area contributed by atoms with Crippen molar-refractivity contribution in [3.05, 3.63) is 70.9 Å². The summed E-state index contributed by atoms with van der Waals surface area (Å²) >= 11 is 5.94. The van der Waals surface area contributed by atoms with Crippen LogP contribution >= 0.6 is 11.6 Å². The quantitative estimate of drug-likeness (QED) is 0.654. The molecule has 2 aromatic carbocycles. The van der Waals surface area contributed by atoms with Gasteiger partial charge in [-0.05, 0) is 36.2 Å². The Labute approximate surface area is 161 Å². The van der Waals surface area contributed by atoms with Gasteiger partial charge in [-0.1, -0.05) is 41.0 Å². The molecule has 27 heavy (non-hydrogen) atoms. The first kappa shape index (κ1) is 19.1. The normalized spacial score (nSPS) is 11.3. The molecule has 1 heterocycles. The standard InChI is InChI=1S/C18H16ClN3O4S/c19-14-3-1-2-13(10-14)17-11-16(22-26-17)18(23)21-9-8-12-4-6-15(7-5-12)27(20,24)25/h1-7,10-11H,8-9H2,(H,21,23)(H2,20,24,25). The fraction of sp³-hybridized carbons (Fsp3) is 0.111. The molecule has 7 nitrogen and oxygen atoms in total. The number of hydrogen-bond donors (Lipinski definition) is 2. The molecular formula is C18H16ClN3O4S. The zero-order chi connectivity index (χ0) is 19.4. The number of hydrogen-bond acceptors (Lipinski definition) is 5. The van der Waals surface area contributed by atoms with Crippen LogP contribution < -0.4 is 10.5 Å². The fourth-order valence-electron chi connectivity index (χ4n) is 2.42. The number of rotatable bonds is 6. The maximum atomic E-state index is 12.2. The average Bonchev–Trinajstić information content (AvgIpc) is 3.12. The lowest BCUT2D eigenvalue weighted by Gasteiger charge is -2.04. The first-order valence-corrected chi connectivity index (χ1v) is 9.88. The number of sulfonamides is 1. The number of nitrogens with two attached hydrogens (primary N) is 1. The summed E-state index contributed by atoms with van der Waals surface area (Å²) in [5.41, 5.74) is 1.75. The van der Waals surface area contributed by atoms with Crippen LogP contribution in [-0.4, -0.2) is 26.0 Å². The molecular weight excluding hydrogens is 390 g/mol. The van der Waals surface area contributed by atoms with Crippen molar-refractivity contribution in [1.29, 1.82) is 0 Å². The minimum atomic E-state index is -3.71. The van der Waals surface area contributed by atoms with Crippen molar-refractivity contribution in [1.82, 2.24) is 10.5 Å². The van der Waals surface area contributed by atoms with E-state index in [1.807, 2.05) is 0 Å². The van der Waals surface area contributed by atoms with Crippen molar-refractivity contribution in [2.75, 3.05) is 6.54 Å². The monoisotopic (exact) mass is 405 g/mol. The lowest BCUT2D eigenvalue weighted by molar-refractivity contribution is 0.0945. The summed E-state index contributed by atoms with van der Waals surface area (Å²) in [6.45, 7) is 0.354. The number of halogens is 1. The van der Waals surface area contributed by atoms with Crippen LogP contribution in [0, 0.1) is 0 Å². The number of primary sulfonamides is 1. The molecule has 140 valence electrons. The Hall–Kier alpha value is -2.68. The Morgan fingerprint density at radius 2 is 1.89 bits per heavy atom. The van der Waals surface area contributed by atoms with Gasteiger partial charge in [0.25, 0.3) is 5.91 Å². The molecule has 3 N–H and O–H groups in total. The predicted octanol–water partition coefficient (Wildman–Crippen LogP) is 2.61. The van der Waals surface area contributed by atoms with Gasteiger partial charge in [-0.25, -0.2) is 13.6 Å². The van der Waals surface area contributed by atoms with Gasteiger partial charge in [0.2, 0.25) is 10.0 Å². The first-order valence-electron chi connectivity index (χ1n) is 7.95. The van der Waals surface area contributed by atoms with Crippen LogP contribution in [0.5, 0.6) is 0 Å². The van der Waals surface area contributed by atoms with E-state index in [9.17, 15) is 13.2 Å².